The zero-order valence-electron chi connectivity index (χ0n) is 11.0. The number of carboxylic acids is 1. The number of carbonyl (C=O) groups is 2. The number of ether oxygens (including phenoxy) is 1. The van der Waals surface area contributed by atoms with E-state index in [0.29, 0.717) is 10.7 Å². The average Bonchev–Trinajstić information content (AvgIpc) is 2.72. The Balaban J connectivity index is 0.00000242. The first kappa shape index (κ1) is 19.6. The number of aliphatic carboxylic acids is 1. The van der Waals surface area contributed by atoms with Crippen LogP contribution < -0.4 is 10.1 Å². The summed E-state index contributed by atoms with van der Waals surface area (Å²) in [6, 6.07) is 7.20. The van der Waals surface area contributed by atoms with Crippen LogP contribution in [0.4, 0.5) is 5.69 Å². The molecule has 2 N–H and O–H groups in total. The minimum atomic E-state index is -1.10. The van der Waals surface area contributed by atoms with E-state index in [9.17, 15) is 9.59 Å². The molecule has 0 atom stereocenters. The molecule has 1 heterocycles. The van der Waals surface area contributed by atoms with Gasteiger partial charge in [-0.25, -0.2) is 0 Å². The molecule has 9 heteroatoms. The summed E-state index contributed by atoms with van der Waals surface area (Å²) in [7, 11) is 1.57. The summed E-state index contributed by atoms with van der Waals surface area (Å²) in [5.41, 5.74) is 0.748. The minimum absolute atomic E-state index is 0. The summed E-state index contributed by atoms with van der Waals surface area (Å²) < 4.78 is 5.34. The number of nitrogens with zero attached hydrogens (tertiary/aromatic N) is 1. The maximum atomic E-state index is 12.0. The van der Waals surface area contributed by atoms with E-state index in [1.807, 2.05) is 12.1 Å². The predicted molar refractivity (Wildman–Crippen MR) is 91.4 cm³/mol. The normalized spacial score (nSPS) is 15.7. The molecule has 0 spiro atoms. The van der Waals surface area contributed by atoms with Gasteiger partial charge in [-0.1, -0.05) is 30.0 Å². The zero-order chi connectivity index (χ0) is 15.4. The molecular formula is C13H13KN2O4S2. The van der Waals surface area contributed by atoms with Gasteiger partial charge in [-0.3, -0.25) is 14.5 Å². The fraction of sp³-hybridized carbons (Fsp3) is 0.154. The molecule has 1 aromatic rings. The van der Waals surface area contributed by atoms with Crippen molar-refractivity contribution in [3.63, 3.8) is 0 Å². The van der Waals surface area contributed by atoms with Gasteiger partial charge in [0.1, 0.15) is 16.6 Å². The Morgan fingerprint density at radius 1 is 1.55 bits per heavy atom. The monoisotopic (exact) mass is 364 g/mol. The number of hydrogen-bond donors (Lipinski definition) is 2. The van der Waals surface area contributed by atoms with Crippen molar-refractivity contribution >= 4 is 97.2 Å². The van der Waals surface area contributed by atoms with Crippen molar-refractivity contribution in [3.8, 4) is 5.75 Å². The second kappa shape index (κ2) is 9.01. The number of carboxylic acid groups (broad SMARTS) is 1. The molecule has 1 aliphatic rings. The van der Waals surface area contributed by atoms with Crippen molar-refractivity contribution in [1.82, 2.24) is 4.90 Å². The molecule has 2 rings (SSSR count). The van der Waals surface area contributed by atoms with Crippen molar-refractivity contribution in [2.45, 2.75) is 0 Å². The maximum absolute atomic E-state index is 12.0. The number of hydrogen-bond acceptors (Lipinski definition) is 6. The van der Waals surface area contributed by atoms with Gasteiger partial charge < -0.3 is 15.2 Å². The molecule has 0 radical (unpaired) electrons. The second-order valence-corrected chi connectivity index (χ2v) is 5.71. The molecule has 0 saturated carbocycles. The van der Waals surface area contributed by atoms with E-state index in [-0.39, 0.29) is 55.7 Å². The van der Waals surface area contributed by atoms with Crippen LogP contribution in [0.25, 0.3) is 0 Å². The van der Waals surface area contributed by atoms with Crippen molar-refractivity contribution in [1.29, 1.82) is 0 Å². The Hall–Kier alpha value is -0.424. The third kappa shape index (κ3) is 5.05. The second-order valence-electron chi connectivity index (χ2n) is 4.04. The van der Waals surface area contributed by atoms with Crippen LogP contribution in [0.1, 0.15) is 0 Å². The van der Waals surface area contributed by atoms with E-state index in [2.05, 4.69) is 5.32 Å². The molecule has 1 fully saturated rings. The number of nitrogens with one attached hydrogen (secondary N) is 1. The average molecular weight is 364 g/mol. The number of carbonyl (C=O) groups excluding carboxylic acids is 1. The molecule has 0 unspecified atom stereocenters. The molecular weight excluding hydrogens is 351 g/mol. The molecule has 0 bridgehead atoms. The molecule has 1 aliphatic heterocycles. The fourth-order valence-corrected chi connectivity index (χ4v) is 2.81. The number of thioether (sulfide) groups is 1. The SMILES string of the molecule is COc1cccc(NC=C2SC(=S)N(CC(=O)O)C2=O)c1.[KH]. The summed E-state index contributed by atoms with van der Waals surface area (Å²) in [5.74, 6) is -0.831. The van der Waals surface area contributed by atoms with Crippen LogP contribution in [-0.4, -0.2) is 91.2 Å². The molecule has 112 valence electrons. The van der Waals surface area contributed by atoms with Crippen LogP contribution >= 0.6 is 24.0 Å². The standard InChI is InChI=1S/C13H12N2O4S2.K.H/c1-19-9-4-2-3-8(5-9)14-6-10-12(18)15(7-11(16)17)13(20)21-10;;/h2-6,14H,7H2,1H3,(H,16,17);;. The molecule has 6 nitrogen and oxygen atoms in total. The summed E-state index contributed by atoms with van der Waals surface area (Å²) in [5, 5.41) is 11.7. The van der Waals surface area contributed by atoms with Gasteiger partial charge in [0.25, 0.3) is 5.91 Å². The number of thiocarbonyl (C=S) groups is 1. The Kier molecular flexibility index (Phi) is 8.04. The van der Waals surface area contributed by atoms with Crippen LogP contribution in [0, 0.1) is 0 Å². The van der Waals surface area contributed by atoms with Crippen LogP contribution in [0.5, 0.6) is 5.75 Å². The first-order chi connectivity index (χ1) is 10.0. The summed E-state index contributed by atoms with van der Waals surface area (Å²) in [6.45, 7) is -0.429. The van der Waals surface area contributed by atoms with Gasteiger partial charge in [-0.05, 0) is 12.1 Å². The number of rotatable bonds is 5. The Bertz CT molecular complexity index is 636. The van der Waals surface area contributed by atoms with Crippen LogP contribution in [0.2, 0.25) is 0 Å². The van der Waals surface area contributed by atoms with Crippen molar-refractivity contribution in [2.24, 2.45) is 0 Å². The quantitative estimate of drug-likeness (QED) is 0.462. The van der Waals surface area contributed by atoms with Crippen molar-refractivity contribution in [3.05, 3.63) is 35.4 Å². The molecule has 22 heavy (non-hydrogen) atoms. The van der Waals surface area contributed by atoms with E-state index in [0.717, 1.165) is 22.3 Å². The summed E-state index contributed by atoms with van der Waals surface area (Å²) in [4.78, 5) is 24.1. The van der Waals surface area contributed by atoms with E-state index >= 15 is 0 Å². The molecule has 1 amide bonds. The van der Waals surface area contributed by atoms with Crippen LogP contribution in [-0.2, 0) is 9.59 Å². The first-order valence-electron chi connectivity index (χ1n) is 5.87. The number of anilines is 1. The number of methoxy groups -OCH3 is 1. The number of amides is 1. The molecule has 1 aromatic carbocycles. The van der Waals surface area contributed by atoms with Gasteiger partial charge in [-0.15, -0.1) is 0 Å². The van der Waals surface area contributed by atoms with Gasteiger partial charge in [0.2, 0.25) is 0 Å². The van der Waals surface area contributed by atoms with Crippen molar-refractivity contribution in [2.75, 3.05) is 19.0 Å². The summed E-state index contributed by atoms with van der Waals surface area (Å²) >= 11 is 6.06. The Morgan fingerprint density at radius 3 is 2.91 bits per heavy atom. The molecule has 0 aliphatic carbocycles. The van der Waals surface area contributed by atoms with Gasteiger partial charge in [0, 0.05) is 18.0 Å². The van der Waals surface area contributed by atoms with Gasteiger partial charge in [0.15, 0.2) is 0 Å². The number of benzene rings is 1. The van der Waals surface area contributed by atoms with Gasteiger partial charge in [-0.2, -0.15) is 0 Å². The Morgan fingerprint density at radius 2 is 2.27 bits per heavy atom. The zero-order valence-corrected chi connectivity index (χ0v) is 12.7. The summed E-state index contributed by atoms with van der Waals surface area (Å²) in [6.07, 6.45) is 1.51. The van der Waals surface area contributed by atoms with E-state index in [4.69, 9.17) is 22.1 Å². The predicted octanol–water partition coefficient (Wildman–Crippen LogP) is 1.24. The third-order valence-electron chi connectivity index (χ3n) is 2.61. The van der Waals surface area contributed by atoms with Crippen LogP contribution in [0.3, 0.4) is 0 Å². The van der Waals surface area contributed by atoms with Crippen LogP contribution in [0.15, 0.2) is 35.4 Å². The third-order valence-corrected chi connectivity index (χ3v) is 3.98. The topological polar surface area (TPSA) is 78.9 Å². The first-order valence-corrected chi connectivity index (χ1v) is 7.10. The molecule has 0 aromatic heterocycles. The van der Waals surface area contributed by atoms with E-state index < -0.39 is 18.4 Å². The van der Waals surface area contributed by atoms with Crippen molar-refractivity contribution < 1.29 is 19.4 Å². The molecule has 1 saturated heterocycles. The van der Waals surface area contributed by atoms with Gasteiger partial charge in [0.05, 0.1) is 12.0 Å². The van der Waals surface area contributed by atoms with E-state index in [1.54, 1.807) is 19.2 Å². The van der Waals surface area contributed by atoms with E-state index in [1.165, 1.54) is 6.20 Å². The fourth-order valence-electron chi connectivity index (χ4n) is 1.63. The Labute approximate surface area is 179 Å². The van der Waals surface area contributed by atoms with Gasteiger partial charge >= 0.3 is 57.4 Å².